The van der Waals surface area contributed by atoms with E-state index in [2.05, 4.69) is 179 Å². The molecule has 150 heavy (non-hydrogen) atoms. The van der Waals surface area contributed by atoms with E-state index < -0.39 is 165 Å². The molecule has 4 atom stereocenters. The Labute approximate surface area is 856 Å². The zero-order valence-electron chi connectivity index (χ0n) is 75.7. The molecule has 3 aliphatic rings. The van der Waals surface area contributed by atoms with Gasteiger partial charge in [0, 0.05) is 36.8 Å². The summed E-state index contributed by atoms with van der Waals surface area (Å²) in [6.45, 7) is 21.4. The van der Waals surface area contributed by atoms with E-state index >= 15 is 0 Å². The molecule has 0 bridgehead atoms. The van der Waals surface area contributed by atoms with Crippen molar-refractivity contribution in [3.8, 4) is 6.26 Å². The summed E-state index contributed by atoms with van der Waals surface area (Å²) in [4.78, 5) is 105. The number of isocyanates is 1. The number of halogens is 30. The van der Waals surface area contributed by atoms with Gasteiger partial charge in [0.15, 0.2) is 20.6 Å². The third-order valence-corrected chi connectivity index (χ3v) is 15.9. The fraction of sp³-hybridized carbons (Fsp3) is 0.835. The van der Waals surface area contributed by atoms with E-state index in [4.69, 9.17) is 10.00 Å². The summed E-state index contributed by atoms with van der Waals surface area (Å²) in [6, 6.07) is 0.00282. The lowest BCUT2D eigenvalue weighted by Gasteiger charge is -2.45. The maximum absolute atomic E-state index is 12.0. The normalized spacial score (nSPS) is 16.6. The molecule has 0 spiro atoms. The summed E-state index contributed by atoms with van der Waals surface area (Å²) in [5, 5.41) is 23.4. The quantitative estimate of drug-likeness (QED) is 0.00380. The minimum atomic E-state index is -6.04. The number of amides is 6. The van der Waals surface area contributed by atoms with Crippen LogP contribution in [0.25, 0.3) is 0 Å². The van der Waals surface area contributed by atoms with Gasteiger partial charge in [-0.3, -0.25) is 14.2 Å². The van der Waals surface area contributed by atoms with Crippen LogP contribution in [0, 0.1) is 44.0 Å². The summed E-state index contributed by atoms with van der Waals surface area (Å²) >= 11 is 0. The van der Waals surface area contributed by atoms with Gasteiger partial charge in [0.1, 0.15) is 59.2 Å². The second kappa shape index (κ2) is 87.7. The van der Waals surface area contributed by atoms with Crippen LogP contribution in [-0.4, -0.2) is 255 Å². The lowest BCUT2D eigenvalue weighted by Crippen LogP contribution is -2.48. The standard InChI is InChI=1S/C14H23FN2O3.C13H21FN2O3.C12H22FNO2.C9H14FNO4.C8H12FNO4.C5H10FNO2.3C4H2F8O3.12CH4/c1-13(2)6-11(20-10-16)7-14(3,8-13)9-17-12(18)19-5-4-15;1-12(2)4-10(16-9-17)5-13(3,6-12)7-15-11(18)19-8-14;1-11(2)5-9(6-12(3,4)7-11)14-10(15)16-8-13;1-7(2)8(12)14-6-4-11-9(13)15-5-3-10;1-6(2)7(11)13-4-3-10-8(12)14-5-9;1-2-7-5(8)9-4-3-6;3*5-1-13-4(10,11)14-2(6,7)3(8,9)15-12;;;;;;;;;;;;/h11H,4-9H2,1-3H3,(H,17,18);10H,4-8H2,1-3H3,(H,15,18);9H,5-8H2,1-4H3,(H,14,15);1,3-6H2,2H3,(H,11,13);1,3-5H2,2H3,(H,10,12);2-4H2,1H3,(H,7,8);3*1H2;12*1H4. The van der Waals surface area contributed by atoms with Crippen LogP contribution < -0.4 is 31.9 Å². The van der Waals surface area contributed by atoms with Crippen molar-refractivity contribution in [1.29, 1.82) is 5.26 Å². The lowest BCUT2D eigenvalue weighted by molar-refractivity contribution is -0.548. The molecule has 908 valence electrons. The highest BCUT2D eigenvalue weighted by atomic mass is 19.4. The van der Waals surface area contributed by atoms with Crippen LogP contribution in [0.4, 0.5) is 161 Å². The predicted octanol–water partition coefficient (Wildman–Crippen LogP) is 26.2. The molecule has 6 amide bonds. The van der Waals surface area contributed by atoms with Gasteiger partial charge in [0.25, 0.3) is 6.26 Å². The first-order chi connectivity index (χ1) is 63.0. The van der Waals surface area contributed by atoms with Gasteiger partial charge in [-0.2, -0.15) is 57.9 Å². The van der Waals surface area contributed by atoms with Crippen molar-refractivity contribution >= 4 is 54.6 Å². The number of carbonyl (C=O) groups excluding carboxylic acids is 9. The lowest BCUT2D eigenvalue weighted by atomic mass is 9.63. The third-order valence-electron chi connectivity index (χ3n) is 15.9. The van der Waals surface area contributed by atoms with Crippen LogP contribution in [-0.2, 0) is 100 Å². The molecule has 0 heterocycles. The van der Waals surface area contributed by atoms with Crippen LogP contribution in [0.1, 0.15) is 237 Å². The molecule has 3 saturated carbocycles. The number of nitriles is 1. The average molecular weight is 2290 g/mol. The number of hydrogen-bond donors (Lipinski definition) is 6. The Hall–Kier alpha value is -9.75. The Balaban J connectivity index is -0.0000000813. The second-order valence-electron chi connectivity index (χ2n) is 31.4. The molecule has 35 nitrogen and oxygen atoms in total. The highest BCUT2D eigenvalue weighted by Crippen LogP contribution is 2.50. The van der Waals surface area contributed by atoms with E-state index in [1.807, 2.05) is 6.92 Å². The van der Waals surface area contributed by atoms with Gasteiger partial charge in [-0.1, -0.05) is 172 Å². The Kier molecular flexibility index (Phi) is 106. The van der Waals surface area contributed by atoms with E-state index in [9.17, 15) is 175 Å². The number of ether oxygens (including phenoxy) is 15. The van der Waals surface area contributed by atoms with E-state index in [-0.39, 0.29) is 197 Å². The third kappa shape index (κ3) is 87.8. The molecule has 0 aliphatic heterocycles. The van der Waals surface area contributed by atoms with Crippen molar-refractivity contribution < 1.29 is 261 Å². The number of rotatable bonds is 43. The van der Waals surface area contributed by atoms with Gasteiger partial charge in [0.05, 0.1) is 19.1 Å². The van der Waals surface area contributed by atoms with E-state index in [0.29, 0.717) is 32.5 Å². The van der Waals surface area contributed by atoms with Gasteiger partial charge >= 0.3 is 104 Å². The second-order valence-corrected chi connectivity index (χ2v) is 31.4. The summed E-state index contributed by atoms with van der Waals surface area (Å²) < 4.78 is 404. The van der Waals surface area contributed by atoms with Gasteiger partial charge in [-0.25, -0.2) is 102 Å². The molecule has 0 aromatic heterocycles. The average Bonchev–Trinajstić information content (AvgIpc) is 0.808. The van der Waals surface area contributed by atoms with Gasteiger partial charge in [0.2, 0.25) is 26.7 Å². The number of carbonyl (C=O) groups is 8. The van der Waals surface area contributed by atoms with Crippen LogP contribution in [0.2, 0.25) is 0 Å². The fourth-order valence-corrected chi connectivity index (χ4v) is 12.3. The predicted molar refractivity (Wildman–Crippen MR) is 485 cm³/mol. The molecule has 4 unspecified atom stereocenters. The van der Waals surface area contributed by atoms with E-state index in [1.165, 1.54) is 28.7 Å². The first-order valence-electron chi connectivity index (χ1n) is 38.6. The first-order valence-corrected chi connectivity index (χ1v) is 38.6. The first kappa shape index (κ1) is 182. The minimum Gasteiger partial charge on any atom is -0.460 e. The maximum atomic E-state index is 12.0. The highest BCUT2D eigenvalue weighted by molar-refractivity contribution is 5.87. The summed E-state index contributed by atoms with van der Waals surface area (Å²) in [5.74, 6) is -1.06. The monoisotopic (exact) mass is 2290 g/mol. The van der Waals surface area contributed by atoms with Crippen molar-refractivity contribution in [3.05, 3.63) is 24.3 Å². The molecule has 0 aromatic rings. The Morgan fingerprint density at radius 3 is 0.907 bits per heavy atom. The zero-order chi connectivity index (χ0) is 109. The van der Waals surface area contributed by atoms with Gasteiger partial charge in [-0.15, -0.1) is 41.2 Å². The van der Waals surface area contributed by atoms with Crippen LogP contribution >= 0.6 is 0 Å². The number of aliphatic imine (C=N–C) groups is 1. The number of hydrogen-bond acceptors (Lipinski definition) is 29. The molecule has 3 aliphatic carbocycles. The number of alkyl halides is 27. The maximum Gasteiger partial charge on any atom is 0.492 e. The van der Waals surface area contributed by atoms with Gasteiger partial charge < -0.3 is 74.5 Å². The van der Waals surface area contributed by atoms with E-state index in [0.717, 1.165) is 44.9 Å². The minimum absolute atomic E-state index is 0. The van der Waals surface area contributed by atoms with E-state index in [1.54, 1.807) is 19.3 Å². The van der Waals surface area contributed by atoms with Gasteiger partial charge in [-0.05, 0) is 125 Å². The van der Waals surface area contributed by atoms with Crippen LogP contribution in [0.3, 0.4) is 0 Å². The molecular formula is C85H156F30N8O27. The summed E-state index contributed by atoms with van der Waals surface area (Å²) in [5.41, 5.74) is 0.680. The molecule has 65 heteroatoms. The topological polar surface area (TPSA) is 428 Å². The smallest absolute Gasteiger partial charge is 0.460 e. The van der Waals surface area contributed by atoms with Crippen molar-refractivity contribution in [2.45, 2.75) is 311 Å². The molecular weight excluding hydrogens is 2130 g/mol. The number of nitrogens with zero attached hydrogens (tertiary/aromatic N) is 2. The molecule has 0 radical (unpaired) electrons. The molecule has 3 rings (SSSR count). The molecule has 6 N–H and O–H groups in total. The van der Waals surface area contributed by atoms with Crippen LogP contribution in [0.5, 0.6) is 0 Å². The SMILES string of the molecule is C.C.C.C.C.C.C.C.C.C.C.C.C=C(C)C(=O)OCCNC(=O)OCCF.C=C(C)C(=O)OCCNC(=O)OCF.CC1(C)CC(N=C=O)CC(C)(CNC(=O)OCF)C1.CC1(C)CC(NC(=O)OCF)CC(C)(C)C1.CC1(C)CC(OC#N)CC(C)(CNC(=O)OCCF)C1.CCNC(=O)OCCF.FCOC(F)(F)OC(F)(F)C(F)(F)OF.FCOC(F)(F)OC(F)(F)C(F)(F)OF.FCOC(F)(F)OC(F)(F)C(F)(F)OF. The van der Waals surface area contributed by atoms with Crippen molar-refractivity contribution in [1.82, 2.24) is 31.9 Å². The molecule has 0 aromatic carbocycles. The fourth-order valence-electron chi connectivity index (χ4n) is 12.3. The number of alkyl carbamates (subject to hydrolysis) is 6. The number of nitrogens with one attached hydrogen (secondary N) is 6. The summed E-state index contributed by atoms with van der Waals surface area (Å²) in [6.07, 6.45) is -45.3. The van der Waals surface area contributed by atoms with Crippen LogP contribution in [0.15, 0.2) is 29.3 Å². The van der Waals surface area contributed by atoms with Crippen molar-refractivity contribution in [2.24, 2.45) is 37.5 Å². The zero-order valence-corrected chi connectivity index (χ0v) is 75.7. The van der Waals surface area contributed by atoms with Crippen molar-refractivity contribution in [3.63, 3.8) is 0 Å². The van der Waals surface area contributed by atoms with Crippen molar-refractivity contribution in [2.75, 3.05) is 127 Å². The Morgan fingerprint density at radius 1 is 0.360 bits per heavy atom. The Bertz CT molecular complexity index is 3520. The molecule has 0 saturated heterocycles. The summed E-state index contributed by atoms with van der Waals surface area (Å²) in [7, 11) is 0. The number of esters is 2. The highest BCUT2D eigenvalue weighted by Gasteiger charge is 2.68. The molecule has 3 fully saturated rings. The largest absolute Gasteiger partial charge is 0.492 e. The Morgan fingerprint density at radius 2 is 0.633 bits per heavy atom.